The predicted molar refractivity (Wildman–Crippen MR) is 149 cm³/mol. The Kier molecular flexibility index (Phi) is 6.61. The van der Waals surface area contributed by atoms with E-state index in [0.717, 1.165) is 46.3 Å². The third-order valence-electron chi connectivity index (χ3n) is 8.49. The Bertz CT molecular complexity index is 1440. The summed E-state index contributed by atoms with van der Waals surface area (Å²) < 4.78 is 35.0. The number of hydrogen-bond donors (Lipinski definition) is 0. The van der Waals surface area contributed by atoms with Crippen molar-refractivity contribution in [2.75, 3.05) is 13.7 Å². The molecular weight excluding hydrogens is 564 g/mol. The summed E-state index contributed by atoms with van der Waals surface area (Å²) >= 11 is 3.53. The summed E-state index contributed by atoms with van der Waals surface area (Å²) in [5.74, 6) is -0.0685. The van der Waals surface area contributed by atoms with Crippen LogP contribution in [0, 0.1) is 18.8 Å². The Hall–Kier alpha value is -2.68. The Morgan fingerprint density at radius 2 is 1.66 bits per heavy atom. The zero-order valence-electron chi connectivity index (χ0n) is 21.5. The number of nitrogens with zero attached hydrogens (tertiary/aromatic N) is 2. The Morgan fingerprint density at radius 1 is 0.974 bits per heavy atom. The van der Waals surface area contributed by atoms with E-state index < -0.39 is 21.1 Å². The number of methoxy groups -OCH3 is 1. The lowest BCUT2D eigenvalue weighted by Gasteiger charge is -2.33. The number of rotatable bonds is 6. The van der Waals surface area contributed by atoms with Crippen LogP contribution in [0.4, 0.5) is 0 Å². The number of sulfone groups is 1. The fourth-order valence-electron chi connectivity index (χ4n) is 6.82. The maximum Gasteiger partial charge on any atom is 0.229 e. The second-order valence-electron chi connectivity index (χ2n) is 10.6. The molecule has 3 aliphatic rings. The molecular formula is C30H31BrN2O4S. The fraction of sp³-hybridized carbons (Fsp3) is 0.367. The number of ether oxygens (including phenoxy) is 1. The van der Waals surface area contributed by atoms with Crippen LogP contribution in [0.2, 0.25) is 0 Å². The van der Waals surface area contributed by atoms with Crippen LogP contribution in [0.3, 0.4) is 0 Å². The number of hydrogen-bond acceptors (Lipinski definition) is 5. The lowest BCUT2D eigenvalue weighted by atomic mass is 9.85. The van der Waals surface area contributed by atoms with Gasteiger partial charge in [-0.05, 0) is 73.8 Å². The summed E-state index contributed by atoms with van der Waals surface area (Å²) in [6.45, 7) is 3.06. The molecule has 0 aromatic heterocycles. The van der Waals surface area contributed by atoms with Crippen LogP contribution in [0.15, 0.2) is 82.2 Å². The maximum atomic E-state index is 14.4. The van der Waals surface area contributed by atoms with E-state index >= 15 is 0 Å². The first kappa shape index (κ1) is 25.6. The highest BCUT2D eigenvalue weighted by molar-refractivity contribution is 9.10. The van der Waals surface area contributed by atoms with E-state index in [1.54, 1.807) is 24.1 Å². The van der Waals surface area contributed by atoms with E-state index in [1.807, 2.05) is 55.5 Å². The average Bonchev–Trinajstić information content (AvgIpc) is 3.58. The SMILES string of the molecule is COc1ccc(CN2C(=O)[C@H]3[C@@H]([C@H]2S(=O)(=O)c2ccc(C)cc2)[C@@H]2CCCN2[C@H]3c2ccc(Br)cc2)cc1. The lowest BCUT2D eigenvalue weighted by Crippen LogP contribution is -2.45. The van der Waals surface area contributed by atoms with Gasteiger partial charge in [0.25, 0.3) is 0 Å². The Labute approximate surface area is 232 Å². The Balaban J connectivity index is 1.47. The first-order chi connectivity index (χ1) is 18.3. The minimum Gasteiger partial charge on any atom is -0.497 e. The van der Waals surface area contributed by atoms with Crippen molar-refractivity contribution < 1.29 is 17.9 Å². The van der Waals surface area contributed by atoms with Gasteiger partial charge in [0, 0.05) is 29.0 Å². The second-order valence-corrected chi connectivity index (χ2v) is 13.6. The van der Waals surface area contributed by atoms with Crippen molar-refractivity contribution >= 4 is 31.7 Å². The Morgan fingerprint density at radius 3 is 2.32 bits per heavy atom. The van der Waals surface area contributed by atoms with Crippen molar-refractivity contribution in [1.82, 2.24) is 9.80 Å². The largest absolute Gasteiger partial charge is 0.497 e. The van der Waals surface area contributed by atoms with Gasteiger partial charge in [-0.15, -0.1) is 0 Å². The van der Waals surface area contributed by atoms with Gasteiger partial charge in [0.1, 0.15) is 11.1 Å². The molecule has 0 aliphatic carbocycles. The molecule has 0 radical (unpaired) electrons. The molecule has 3 aromatic rings. The summed E-state index contributed by atoms with van der Waals surface area (Å²) in [6, 6.07) is 22.6. The van der Waals surface area contributed by atoms with Crippen molar-refractivity contribution in [2.45, 2.75) is 48.7 Å². The highest BCUT2D eigenvalue weighted by Gasteiger charge is 2.65. The molecule has 0 saturated carbocycles. The zero-order valence-corrected chi connectivity index (χ0v) is 23.9. The number of benzene rings is 3. The topological polar surface area (TPSA) is 66.9 Å². The van der Waals surface area contributed by atoms with Gasteiger partial charge < -0.3 is 9.64 Å². The molecule has 38 heavy (non-hydrogen) atoms. The summed E-state index contributed by atoms with van der Waals surface area (Å²) in [5, 5.41) is -0.921. The molecule has 6 rings (SSSR count). The molecule has 0 unspecified atom stereocenters. The highest BCUT2D eigenvalue weighted by Crippen LogP contribution is 2.56. The molecule has 5 atom stereocenters. The van der Waals surface area contributed by atoms with Gasteiger partial charge in [-0.1, -0.05) is 57.9 Å². The minimum absolute atomic E-state index is 0.0451. The van der Waals surface area contributed by atoms with Crippen molar-refractivity contribution in [3.05, 3.63) is 94.0 Å². The van der Waals surface area contributed by atoms with Gasteiger partial charge in [0.2, 0.25) is 5.91 Å². The van der Waals surface area contributed by atoms with Gasteiger partial charge in [0.05, 0.1) is 17.9 Å². The number of carbonyl (C=O) groups is 1. The van der Waals surface area contributed by atoms with Crippen LogP contribution >= 0.6 is 15.9 Å². The molecule has 3 fully saturated rings. The van der Waals surface area contributed by atoms with Crippen molar-refractivity contribution in [3.8, 4) is 5.75 Å². The number of aryl methyl sites for hydroxylation is 1. The zero-order chi connectivity index (χ0) is 26.6. The number of fused-ring (bicyclic) bond motifs is 3. The first-order valence-electron chi connectivity index (χ1n) is 13.0. The van der Waals surface area contributed by atoms with E-state index in [1.165, 1.54) is 0 Å². The lowest BCUT2D eigenvalue weighted by molar-refractivity contribution is -0.133. The fourth-order valence-corrected chi connectivity index (χ4v) is 9.15. The van der Waals surface area contributed by atoms with E-state index in [2.05, 4.69) is 33.0 Å². The summed E-state index contributed by atoms with van der Waals surface area (Å²) in [4.78, 5) is 18.7. The van der Waals surface area contributed by atoms with Crippen LogP contribution in [-0.2, 0) is 21.2 Å². The first-order valence-corrected chi connectivity index (χ1v) is 15.4. The predicted octanol–water partition coefficient (Wildman–Crippen LogP) is 5.36. The number of likely N-dealkylation sites (tertiary alicyclic amines) is 1. The normalized spacial score (nSPS) is 27.0. The molecule has 1 amide bonds. The molecule has 0 N–H and O–H groups in total. The van der Waals surface area contributed by atoms with E-state index in [-0.39, 0.29) is 35.3 Å². The molecule has 0 spiro atoms. The van der Waals surface area contributed by atoms with Gasteiger partial charge in [0.15, 0.2) is 9.84 Å². The summed E-state index contributed by atoms with van der Waals surface area (Å²) in [5.41, 5.74) is 2.95. The van der Waals surface area contributed by atoms with Gasteiger partial charge in [-0.25, -0.2) is 8.42 Å². The maximum absolute atomic E-state index is 14.4. The van der Waals surface area contributed by atoms with E-state index in [0.29, 0.717) is 0 Å². The smallest absolute Gasteiger partial charge is 0.229 e. The van der Waals surface area contributed by atoms with Crippen molar-refractivity contribution in [2.24, 2.45) is 11.8 Å². The average molecular weight is 596 g/mol. The second kappa shape index (κ2) is 9.81. The van der Waals surface area contributed by atoms with Crippen molar-refractivity contribution in [1.29, 1.82) is 0 Å². The quantitative estimate of drug-likeness (QED) is 0.384. The van der Waals surface area contributed by atoms with Crippen LogP contribution in [-0.4, -0.2) is 49.2 Å². The molecule has 0 bridgehead atoms. The van der Waals surface area contributed by atoms with Crippen LogP contribution in [0.25, 0.3) is 0 Å². The summed E-state index contributed by atoms with van der Waals surface area (Å²) in [6.07, 6.45) is 1.91. The van der Waals surface area contributed by atoms with Gasteiger partial charge in [-0.3, -0.25) is 9.69 Å². The van der Waals surface area contributed by atoms with E-state index in [4.69, 9.17) is 4.74 Å². The third kappa shape index (κ3) is 4.17. The highest BCUT2D eigenvalue weighted by atomic mass is 79.9. The monoisotopic (exact) mass is 594 g/mol. The van der Waals surface area contributed by atoms with E-state index in [9.17, 15) is 13.2 Å². The molecule has 3 saturated heterocycles. The van der Waals surface area contributed by atoms with Crippen LogP contribution in [0.1, 0.15) is 35.6 Å². The number of carbonyl (C=O) groups excluding carboxylic acids is 1. The van der Waals surface area contributed by atoms with Crippen LogP contribution < -0.4 is 4.74 Å². The molecule has 3 heterocycles. The minimum atomic E-state index is -3.83. The molecule has 8 heteroatoms. The van der Waals surface area contributed by atoms with Gasteiger partial charge >= 0.3 is 0 Å². The number of halogens is 1. The molecule has 3 aromatic carbocycles. The molecule has 6 nitrogen and oxygen atoms in total. The number of amides is 1. The molecule has 3 aliphatic heterocycles. The standard InChI is InChI=1S/C30H31BrN2O4S/c1-19-5-15-24(16-6-19)38(35,36)30-26-25-4-3-17-32(25)28(21-9-11-22(31)12-10-21)27(26)29(34)33(30)18-20-7-13-23(37-2)14-8-20/h5-16,25-28,30H,3-4,17-18H2,1-2H3/t25-,26-,27-,28-,30+/m0/s1. The van der Waals surface area contributed by atoms with Crippen molar-refractivity contribution in [3.63, 3.8) is 0 Å². The third-order valence-corrected chi connectivity index (χ3v) is 11.2. The van der Waals surface area contributed by atoms with Gasteiger partial charge in [-0.2, -0.15) is 0 Å². The molecule has 198 valence electrons. The van der Waals surface area contributed by atoms with Crippen LogP contribution in [0.5, 0.6) is 5.75 Å². The summed E-state index contributed by atoms with van der Waals surface area (Å²) in [7, 11) is -2.22.